The van der Waals surface area contributed by atoms with Crippen LogP contribution in [0, 0.1) is 0 Å². The maximum absolute atomic E-state index is 12.2. The Balaban J connectivity index is 2.63. The van der Waals surface area contributed by atoms with Crippen LogP contribution in [-0.2, 0) is 6.54 Å². The maximum Gasteiger partial charge on any atom is 0.290 e. The first-order valence-electron chi connectivity index (χ1n) is 6.77. The zero-order valence-electron chi connectivity index (χ0n) is 11.7. The van der Waals surface area contributed by atoms with Gasteiger partial charge in [-0.2, -0.15) is 5.10 Å². The zero-order chi connectivity index (χ0) is 14.5. The van der Waals surface area contributed by atoms with Crippen molar-refractivity contribution in [2.45, 2.75) is 26.3 Å². The highest BCUT2D eigenvalue weighted by Crippen LogP contribution is 2.24. The molecule has 0 spiro atoms. The lowest BCUT2D eigenvalue weighted by Gasteiger charge is -2.12. The lowest BCUT2D eigenvalue weighted by atomic mass is 10.1. The number of benzene rings is 1. The van der Waals surface area contributed by atoms with E-state index in [-0.39, 0.29) is 11.2 Å². The van der Waals surface area contributed by atoms with Crippen molar-refractivity contribution in [3.8, 4) is 11.3 Å². The summed E-state index contributed by atoms with van der Waals surface area (Å²) in [6.45, 7) is 6.40. The minimum atomic E-state index is -0.243. The van der Waals surface area contributed by atoms with Gasteiger partial charge < -0.3 is 5.73 Å². The number of rotatable bonds is 5. The summed E-state index contributed by atoms with van der Waals surface area (Å²) in [5.74, 6) is 0. The third kappa shape index (κ3) is 2.64. The number of unbranched alkanes of at least 4 members (excludes halogenated alkanes) is 1. The van der Waals surface area contributed by atoms with E-state index in [9.17, 15) is 4.79 Å². The van der Waals surface area contributed by atoms with Crippen molar-refractivity contribution < 1.29 is 0 Å². The Morgan fingerprint density at radius 1 is 1.35 bits per heavy atom. The Labute approximate surface area is 118 Å². The van der Waals surface area contributed by atoms with E-state index in [0.717, 1.165) is 18.4 Å². The van der Waals surface area contributed by atoms with Crippen LogP contribution in [0.4, 0.5) is 5.69 Å². The molecule has 0 saturated carbocycles. The van der Waals surface area contributed by atoms with E-state index >= 15 is 0 Å². The molecule has 0 amide bonds. The fraction of sp³-hybridized carbons (Fsp3) is 0.250. The number of aryl methyl sites for hydroxylation is 1. The summed E-state index contributed by atoms with van der Waals surface area (Å²) in [6.07, 6.45) is 3.49. The molecule has 2 N–H and O–H groups in total. The first kappa shape index (κ1) is 14.1. The molecule has 104 valence electrons. The van der Waals surface area contributed by atoms with Crippen molar-refractivity contribution in [1.82, 2.24) is 9.78 Å². The Morgan fingerprint density at radius 2 is 2.05 bits per heavy atom. The topological polar surface area (TPSA) is 60.9 Å². The van der Waals surface area contributed by atoms with Gasteiger partial charge in [-0.3, -0.25) is 4.79 Å². The van der Waals surface area contributed by atoms with Gasteiger partial charge in [-0.05, 0) is 6.42 Å². The number of anilines is 1. The molecule has 0 aliphatic heterocycles. The van der Waals surface area contributed by atoms with Crippen molar-refractivity contribution in [3.05, 3.63) is 52.8 Å². The predicted molar refractivity (Wildman–Crippen MR) is 83.3 cm³/mol. The number of nitrogens with zero attached hydrogens (tertiary/aromatic N) is 2. The van der Waals surface area contributed by atoms with E-state index in [2.05, 4.69) is 18.6 Å². The Bertz CT molecular complexity index is 659. The summed E-state index contributed by atoms with van der Waals surface area (Å²) >= 11 is 0. The van der Waals surface area contributed by atoms with Crippen LogP contribution < -0.4 is 11.3 Å². The number of nitrogen functional groups attached to an aromatic ring is 1. The van der Waals surface area contributed by atoms with Crippen LogP contribution in [0.2, 0.25) is 0 Å². The Morgan fingerprint density at radius 3 is 2.65 bits per heavy atom. The smallest absolute Gasteiger partial charge is 0.290 e. The minimum absolute atomic E-state index is 0.213. The number of hydrogen-bond donors (Lipinski definition) is 1. The van der Waals surface area contributed by atoms with Crippen molar-refractivity contribution in [3.63, 3.8) is 0 Å². The van der Waals surface area contributed by atoms with E-state index in [4.69, 9.17) is 5.73 Å². The first-order chi connectivity index (χ1) is 9.69. The van der Waals surface area contributed by atoms with Gasteiger partial charge in [0, 0.05) is 17.7 Å². The molecule has 0 atom stereocenters. The largest absolute Gasteiger partial charge is 0.394 e. The van der Waals surface area contributed by atoms with Gasteiger partial charge in [-0.1, -0.05) is 56.3 Å². The summed E-state index contributed by atoms with van der Waals surface area (Å²) in [4.78, 5) is 12.2. The average Bonchev–Trinajstić information content (AvgIpc) is 2.49. The number of hydrogen-bond acceptors (Lipinski definition) is 3. The van der Waals surface area contributed by atoms with Gasteiger partial charge in [0.05, 0.1) is 0 Å². The lowest BCUT2D eigenvalue weighted by molar-refractivity contribution is 0.546. The van der Waals surface area contributed by atoms with E-state index < -0.39 is 0 Å². The van der Waals surface area contributed by atoms with Crippen molar-refractivity contribution in [2.75, 3.05) is 5.73 Å². The van der Waals surface area contributed by atoms with Crippen LogP contribution in [-0.4, -0.2) is 9.78 Å². The summed E-state index contributed by atoms with van der Waals surface area (Å²) in [5, 5.41) is 4.46. The SMILES string of the molecule is C=Cc1c(-c2ccccc2)nn(CCCC)c(=O)c1N. The minimum Gasteiger partial charge on any atom is -0.394 e. The average molecular weight is 269 g/mol. The fourth-order valence-electron chi connectivity index (χ4n) is 2.08. The molecule has 0 radical (unpaired) electrons. The maximum atomic E-state index is 12.2. The first-order valence-corrected chi connectivity index (χ1v) is 6.77. The standard InChI is InChI=1S/C16H19N3O/c1-3-5-11-19-16(20)14(17)13(4-2)15(18-19)12-9-7-6-8-10-12/h4,6-10H,2-3,5,11,17H2,1H3. The van der Waals surface area contributed by atoms with Gasteiger partial charge >= 0.3 is 0 Å². The Hall–Kier alpha value is -2.36. The van der Waals surface area contributed by atoms with Crippen LogP contribution >= 0.6 is 0 Å². The van der Waals surface area contributed by atoms with Gasteiger partial charge in [-0.25, -0.2) is 4.68 Å². The summed E-state index contributed by atoms with van der Waals surface area (Å²) in [7, 11) is 0. The molecule has 0 unspecified atom stereocenters. The van der Waals surface area contributed by atoms with Gasteiger partial charge in [0.1, 0.15) is 11.4 Å². The molecular weight excluding hydrogens is 250 g/mol. The van der Waals surface area contributed by atoms with E-state index in [1.54, 1.807) is 6.08 Å². The highest BCUT2D eigenvalue weighted by atomic mass is 16.1. The summed E-state index contributed by atoms with van der Waals surface area (Å²) in [6, 6.07) is 9.70. The monoisotopic (exact) mass is 269 g/mol. The van der Waals surface area contributed by atoms with E-state index in [1.807, 2.05) is 30.3 Å². The summed E-state index contributed by atoms with van der Waals surface area (Å²) in [5.41, 5.74) is 8.17. The quantitative estimate of drug-likeness (QED) is 0.907. The van der Waals surface area contributed by atoms with Crippen molar-refractivity contribution >= 4 is 11.8 Å². The predicted octanol–water partition coefficient (Wildman–Crippen LogP) is 2.94. The van der Waals surface area contributed by atoms with Gasteiger partial charge in [-0.15, -0.1) is 0 Å². The van der Waals surface area contributed by atoms with Crippen LogP contribution in [0.5, 0.6) is 0 Å². The van der Waals surface area contributed by atoms with Crippen LogP contribution in [0.3, 0.4) is 0 Å². The second kappa shape index (κ2) is 6.19. The molecule has 0 saturated heterocycles. The third-order valence-corrected chi connectivity index (χ3v) is 3.21. The van der Waals surface area contributed by atoms with Crippen LogP contribution in [0.15, 0.2) is 41.7 Å². The molecule has 2 aromatic rings. The van der Waals surface area contributed by atoms with E-state index in [1.165, 1.54) is 4.68 Å². The second-order valence-electron chi connectivity index (χ2n) is 4.63. The molecular formula is C16H19N3O. The molecule has 4 heteroatoms. The molecule has 0 bridgehead atoms. The highest BCUT2D eigenvalue weighted by molar-refractivity contribution is 5.77. The van der Waals surface area contributed by atoms with Gasteiger partial charge in [0.2, 0.25) is 0 Å². The van der Waals surface area contributed by atoms with Crippen LogP contribution in [0.1, 0.15) is 25.3 Å². The zero-order valence-corrected chi connectivity index (χ0v) is 11.7. The molecule has 1 heterocycles. The number of nitrogens with two attached hydrogens (primary N) is 1. The van der Waals surface area contributed by atoms with E-state index in [0.29, 0.717) is 17.8 Å². The molecule has 0 aliphatic rings. The third-order valence-electron chi connectivity index (χ3n) is 3.21. The Kier molecular flexibility index (Phi) is 4.35. The van der Waals surface area contributed by atoms with Crippen LogP contribution in [0.25, 0.3) is 17.3 Å². The number of aromatic nitrogens is 2. The van der Waals surface area contributed by atoms with Crippen molar-refractivity contribution in [2.24, 2.45) is 0 Å². The molecule has 1 aromatic carbocycles. The second-order valence-corrected chi connectivity index (χ2v) is 4.63. The lowest BCUT2D eigenvalue weighted by Crippen LogP contribution is -2.27. The molecule has 0 fully saturated rings. The highest BCUT2D eigenvalue weighted by Gasteiger charge is 2.13. The molecule has 4 nitrogen and oxygen atoms in total. The molecule has 20 heavy (non-hydrogen) atoms. The van der Waals surface area contributed by atoms with Gasteiger partial charge in [0.25, 0.3) is 5.56 Å². The molecule has 2 rings (SSSR count). The van der Waals surface area contributed by atoms with Gasteiger partial charge in [0.15, 0.2) is 0 Å². The summed E-state index contributed by atoms with van der Waals surface area (Å²) < 4.78 is 1.45. The normalized spacial score (nSPS) is 10.4. The molecule has 1 aromatic heterocycles. The van der Waals surface area contributed by atoms with Crippen molar-refractivity contribution in [1.29, 1.82) is 0 Å². The fourth-order valence-corrected chi connectivity index (χ4v) is 2.08. The molecule has 0 aliphatic carbocycles.